The molecule has 0 atom stereocenters. The summed E-state index contributed by atoms with van der Waals surface area (Å²) in [6.07, 6.45) is 8.28. The number of nitrogens with zero attached hydrogens (tertiary/aromatic N) is 7. The van der Waals surface area contributed by atoms with Crippen LogP contribution in [-0.2, 0) is 10.1 Å². The van der Waals surface area contributed by atoms with E-state index < -0.39 is 10.1 Å². The topological polar surface area (TPSA) is 187 Å². The summed E-state index contributed by atoms with van der Waals surface area (Å²) in [7, 11) is -2.78. The number of pyridine rings is 2. The van der Waals surface area contributed by atoms with Gasteiger partial charge in [-0.3, -0.25) is 0 Å². The van der Waals surface area contributed by atoms with Gasteiger partial charge in [-0.2, -0.15) is 20.6 Å². The van der Waals surface area contributed by atoms with Crippen molar-refractivity contribution in [2.75, 3.05) is 13.0 Å². The zero-order chi connectivity index (χ0) is 30.2. The lowest BCUT2D eigenvalue weighted by atomic mass is 10.1. The zero-order valence-electron chi connectivity index (χ0n) is 22.7. The molecule has 0 aliphatic rings. The van der Waals surface area contributed by atoms with Gasteiger partial charge in [-0.25, -0.2) is 23.8 Å². The maximum Gasteiger partial charge on any atom is 0.216 e. The minimum Gasteiger partial charge on any atom is -0.744 e. The predicted molar refractivity (Wildman–Crippen MR) is 148 cm³/mol. The first-order valence-corrected chi connectivity index (χ1v) is 13.3. The van der Waals surface area contributed by atoms with Gasteiger partial charge in [0.1, 0.15) is 10.1 Å². The summed E-state index contributed by atoms with van der Waals surface area (Å²) in [5.41, 5.74) is 4.74. The van der Waals surface area contributed by atoms with Crippen molar-refractivity contribution in [3.05, 3.63) is 101 Å². The standard InChI is InChI=1S/C13H9N5O.C9H12O3S.C6H6N3/c1-19-12-2-4-15-13(17-12)10-8-16-18-5-3-9(7-14)6-11(10)18;1-6-4-7(2)9(8(3)5-6)13(10,11)12;7-5-6-1-3-9(8)4-2-6/h2-6,8H,1H3;4-5H,1-3H3,(H,10,11,12);1-4H,8H2/q;;+1/p-1. The lowest BCUT2D eigenvalue weighted by molar-refractivity contribution is -0.638. The lowest BCUT2D eigenvalue weighted by Crippen LogP contribution is -2.43. The molecular formula is C28H26N8O4S. The molecule has 2 N–H and O–H groups in total. The van der Waals surface area contributed by atoms with E-state index in [9.17, 15) is 13.0 Å². The Labute approximate surface area is 237 Å². The number of hydrogen-bond acceptors (Lipinski definition) is 10. The third kappa shape index (κ3) is 7.83. The third-order valence-corrected chi connectivity index (χ3v) is 6.71. The highest BCUT2D eigenvalue weighted by molar-refractivity contribution is 7.85. The quantitative estimate of drug-likeness (QED) is 0.192. The SMILES string of the molecule is COc1ccnc(-c2cnn3ccc(C#N)cc23)n1.Cc1cc(C)c(S(=O)(=O)[O-])c(C)c1.N#Cc1cc[n+](N)cc1. The Balaban J connectivity index is 0.000000183. The highest BCUT2D eigenvalue weighted by atomic mass is 32.2. The fraction of sp³-hybridized carbons (Fsp3) is 0.143. The van der Waals surface area contributed by atoms with Crippen LogP contribution < -0.4 is 15.3 Å². The molecule has 0 fully saturated rings. The number of methoxy groups -OCH3 is 1. The smallest absolute Gasteiger partial charge is 0.216 e. The summed E-state index contributed by atoms with van der Waals surface area (Å²) in [6, 6.07) is 15.9. The van der Waals surface area contributed by atoms with Crippen LogP contribution in [-0.4, -0.2) is 39.7 Å². The Hall–Kier alpha value is -5.37. The molecule has 0 aliphatic heterocycles. The van der Waals surface area contributed by atoms with Gasteiger partial charge in [0.15, 0.2) is 5.82 Å². The molecule has 4 aromatic heterocycles. The molecule has 208 valence electrons. The molecule has 12 nitrogen and oxygen atoms in total. The fourth-order valence-corrected chi connectivity index (χ4v) is 4.79. The molecule has 0 saturated heterocycles. The first-order valence-electron chi connectivity index (χ1n) is 11.9. The molecule has 1 aromatic carbocycles. The number of aromatic nitrogens is 5. The van der Waals surface area contributed by atoms with E-state index >= 15 is 0 Å². The van der Waals surface area contributed by atoms with Crippen LogP contribution in [0.15, 0.2) is 78.3 Å². The van der Waals surface area contributed by atoms with Gasteiger partial charge < -0.3 is 9.29 Å². The Kier molecular flexibility index (Phi) is 9.66. The van der Waals surface area contributed by atoms with E-state index in [0.717, 1.165) is 16.6 Å². The van der Waals surface area contributed by atoms with E-state index in [2.05, 4.69) is 21.1 Å². The molecule has 0 saturated carbocycles. The molecule has 0 bridgehead atoms. The first-order chi connectivity index (χ1) is 19.5. The van der Waals surface area contributed by atoms with Crippen molar-refractivity contribution >= 4 is 15.6 Å². The normalized spacial score (nSPS) is 10.3. The zero-order valence-corrected chi connectivity index (χ0v) is 23.5. The Morgan fingerprint density at radius 1 is 1.00 bits per heavy atom. The van der Waals surface area contributed by atoms with E-state index in [4.69, 9.17) is 21.1 Å². The third-order valence-electron chi connectivity index (χ3n) is 5.57. The highest BCUT2D eigenvalue weighted by Gasteiger charge is 2.11. The summed E-state index contributed by atoms with van der Waals surface area (Å²) >= 11 is 0. The van der Waals surface area contributed by atoms with E-state index in [1.54, 1.807) is 98.9 Å². The van der Waals surface area contributed by atoms with E-state index in [1.807, 2.05) is 13.0 Å². The largest absolute Gasteiger partial charge is 0.744 e. The molecule has 0 amide bonds. The van der Waals surface area contributed by atoms with E-state index in [1.165, 1.54) is 4.68 Å². The molecule has 0 spiro atoms. The minimum atomic E-state index is -4.33. The maximum atomic E-state index is 10.8. The molecule has 0 unspecified atom stereocenters. The lowest BCUT2D eigenvalue weighted by Gasteiger charge is -2.14. The molecule has 41 heavy (non-hydrogen) atoms. The molecule has 13 heteroatoms. The van der Waals surface area contributed by atoms with Gasteiger partial charge in [0.2, 0.25) is 18.3 Å². The summed E-state index contributed by atoms with van der Waals surface area (Å²) in [5.74, 6) is 6.29. The van der Waals surface area contributed by atoms with Crippen molar-refractivity contribution in [3.8, 4) is 29.4 Å². The number of fused-ring (bicyclic) bond motifs is 1. The first kappa shape index (κ1) is 30.2. The number of nitrogens with two attached hydrogens (primary N) is 1. The van der Waals surface area contributed by atoms with Gasteiger partial charge in [0.25, 0.3) is 0 Å². The summed E-state index contributed by atoms with van der Waals surface area (Å²) in [5, 5.41) is 21.5. The Bertz CT molecular complexity index is 1850. The number of rotatable bonds is 3. The average molecular weight is 571 g/mol. The second-order valence-electron chi connectivity index (χ2n) is 8.67. The van der Waals surface area contributed by atoms with Crippen molar-refractivity contribution in [2.45, 2.75) is 25.7 Å². The van der Waals surface area contributed by atoms with Crippen LogP contribution in [0.25, 0.3) is 16.9 Å². The molecule has 4 heterocycles. The minimum absolute atomic E-state index is 0.0851. The van der Waals surface area contributed by atoms with Crippen LogP contribution in [0.2, 0.25) is 0 Å². The summed E-state index contributed by atoms with van der Waals surface area (Å²) in [6.45, 7) is 5.12. The van der Waals surface area contributed by atoms with Crippen molar-refractivity contribution in [2.24, 2.45) is 0 Å². The van der Waals surface area contributed by atoms with E-state index in [0.29, 0.717) is 34.0 Å². The van der Waals surface area contributed by atoms with Crippen LogP contribution in [0.4, 0.5) is 0 Å². The monoisotopic (exact) mass is 570 g/mol. The van der Waals surface area contributed by atoms with Crippen molar-refractivity contribution in [1.82, 2.24) is 19.6 Å². The van der Waals surface area contributed by atoms with Crippen molar-refractivity contribution < 1.29 is 22.4 Å². The molecular weight excluding hydrogens is 544 g/mol. The van der Waals surface area contributed by atoms with Crippen LogP contribution in [0, 0.1) is 43.4 Å². The number of ether oxygens (including phenoxy) is 1. The van der Waals surface area contributed by atoms with Gasteiger partial charge >= 0.3 is 0 Å². The fourth-order valence-electron chi connectivity index (χ4n) is 3.88. The van der Waals surface area contributed by atoms with Crippen molar-refractivity contribution in [1.29, 1.82) is 10.5 Å². The van der Waals surface area contributed by atoms with Crippen LogP contribution in [0.1, 0.15) is 27.8 Å². The number of benzene rings is 1. The van der Waals surface area contributed by atoms with Crippen LogP contribution in [0.3, 0.4) is 0 Å². The van der Waals surface area contributed by atoms with Crippen LogP contribution >= 0.6 is 0 Å². The van der Waals surface area contributed by atoms with Crippen molar-refractivity contribution in [3.63, 3.8) is 0 Å². The molecule has 0 aliphatic carbocycles. The number of hydrogen-bond donors (Lipinski definition) is 1. The Morgan fingerprint density at radius 2 is 1.63 bits per heavy atom. The maximum absolute atomic E-state index is 10.8. The summed E-state index contributed by atoms with van der Waals surface area (Å²) < 4.78 is 40.6. The molecule has 0 radical (unpaired) electrons. The van der Waals surface area contributed by atoms with Gasteiger partial charge in [-0.15, -0.1) is 0 Å². The van der Waals surface area contributed by atoms with Gasteiger partial charge in [-0.05, 0) is 44.0 Å². The second kappa shape index (κ2) is 13.1. The van der Waals surface area contributed by atoms with Gasteiger partial charge in [-0.1, -0.05) is 22.4 Å². The number of nitriles is 2. The summed E-state index contributed by atoms with van der Waals surface area (Å²) in [4.78, 5) is 8.39. The highest BCUT2D eigenvalue weighted by Crippen LogP contribution is 2.23. The number of aryl methyl sites for hydroxylation is 3. The average Bonchev–Trinajstić information content (AvgIpc) is 3.36. The molecule has 5 aromatic rings. The van der Waals surface area contributed by atoms with Crippen LogP contribution in [0.5, 0.6) is 5.88 Å². The van der Waals surface area contributed by atoms with Gasteiger partial charge in [0.05, 0.1) is 52.5 Å². The van der Waals surface area contributed by atoms with Gasteiger partial charge in [0, 0.05) is 30.6 Å². The Morgan fingerprint density at radius 3 is 2.20 bits per heavy atom. The number of nitrogen functional groups attached to an aromatic ring is 1. The molecule has 5 rings (SSSR count). The second-order valence-corrected chi connectivity index (χ2v) is 9.98. The predicted octanol–water partition coefficient (Wildman–Crippen LogP) is 2.75. The van der Waals surface area contributed by atoms with E-state index in [-0.39, 0.29) is 4.90 Å².